The van der Waals surface area contributed by atoms with Gasteiger partial charge in [-0.3, -0.25) is 0 Å². The van der Waals surface area contributed by atoms with Gasteiger partial charge in [-0.25, -0.2) is 4.79 Å². The lowest BCUT2D eigenvalue weighted by atomic mass is 10.3. The molecule has 0 aliphatic heterocycles. The number of hydrazone groups is 1. The fraction of sp³-hybridized carbons (Fsp3) is 0.273. The van der Waals surface area contributed by atoms with Crippen LogP contribution in [0.1, 0.15) is 6.92 Å². The molecule has 5 heteroatoms. The van der Waals surface area contributed by atoms with Crippen LogP contribution in [-0.2, 0) is 4.79 Å². The Kier molecular flexibility index (Phi) is 4.85. The molecule has 0 unspecified atom stereocenters. The van der Waals surface area contributed by atoms with Crippen LogP contribution in [0.3, 0.4) is 0 Å². The van der Waals surface area contributed by atoms with Crippen molar-refractivity contribution in [3.8, 4) is 5.75 Å². The molecule has 0 saturated carbocycles. The summed E-state index contributed by atoms with van der Waals surface area (Å²) < 4.78 is 5.37. The first-order valence-corrected chi connectivity index (χ1v) is 4.88. The molecule has 5 nitrogen and oxygen atoms in total. The first-order valence-electron chi connectivity index (χ1n) is 4.88. The summed E-state index contributed by atoms with van der Waals surface area (Å²) in [5.74, 6) is -0.250. The number of hydrogen-bond acceptors (Lipinski definition) is 4. The number of aliphatic carboxylic acids is 1. The molecule has 2 N–H and O–H groups in total. The van der Waals surface area contributed by atoms with Crippen molar-refractivity contribution in [1.29, 1.82) is 0 Å². The van der Waals surface area contributed by atoms with Gasteiger partial charge in [0.1, 0.15) is 18.1 Å². The maximum atomic E-state index is 10.4. The molecular weight excluding hydrogens is 208 g/mol. The molecule has 0 fully saturated rings. The Morgan fingerprint density at radius 1 is 1.44 bits per heavy atom. The Hall–Kier alpha value is -2.04. The third-order valence-corrected chi connectivity index (χ3v) is 1.78. The predicted molar refractivity (Wildman–Crippen MR) is 60.7 cm³/mol. The lowest BCUT2D eigenvalue weighted by Crippen LogP contribution is -2.20. The number of rotatable bonds is 6. The maximum Gasteiger partial charge on any atom is 0.351 e. The van der Waals surface area contributed by atoms with Crippen LogP contribution in [0.25, 0.3) is 0 Å². The number of nitrogens with zero attached hydrogens (tertiary/aromatic N) is 1. The van der Waals surface area contributed by atoms with Gasteiger partial charge in [-0.15, -0.1) is 0 Å². The number of hydrogen-bond donors (Lipinski definition) is 2. The third-order valence-electron chi connectivity index (χ3n) is 1.78. The predicted octanol–water partition coefficient (Wildman–Crippen LogP) is 1.12. The van der Waals surface area contributed by atoms with Crippen LogP contribution >= 0.6 is 0 Å². The van der Waals surface area contributed by atoms with Gasteiger partial charge in [-0.2, -0.15) is 5.10 Å². The van der Waals surface area contributed by atoms with E-state index >= 15 is 0 Å². The van der Waals surface area contributed by atoms with Crippen LogP contribution < -0.4 is 10.2 Å². The topological polar surface area (TPSA) is 70.9 Å². The fourth-order valence-corrected chi connectivity index (χ4v) is 0.954. The Bertz CT molecular complexity index is 363. The van der Waals surface area contributed by atoms with E-state index < -0.39 is 5.97 Å². The molecule has 16 heavy (non-hydrogen) atoms. The van der Waals surface area contributed by atoms with Gasteiger partial charge in [0.05, 0.1) is 6.54 Å². The van der Waals surface area contributed by atoms with Gasteiger partial charge in [-0.1, -0.05) is 18.2 Å². The van der Waals surface area contributed by atoms with Gasteiger partial charge in [-0.05, 0) is 19.1 Å². The minimum atomic E-state index is -1.03. The van der Waals surface area contributed by atoms with Crippen molar-refractivity contribution in [3.05, 3.63) is 30.3 Å². The van der Waals surface area contributed by atoms with E-state index in [-0.39, 0.29) is 5.71 Å². The van der Waals surface area contributed by atoms with Crippen molar-refractivity contribution >= 4 is 11.7 Å². The van der Waals surface area contributed by atoms with Crippen molar-refractivity contribution in [2.24, 2.45) is 5.10 Å². The van der Waals surface area contributed by atoms with Crippen molar-refractivity contribution in [1.82, 2.24) is 5.43 Å². The molecule has 0 radical (unpaired) electrons. The molecular formula is C11H14N2O3. The zero-order valence-electron chi connectivity index (χ0n) is 9.01. The molecule has 0 amide bonds. The van der Waals surface area contributed by atoms with E-state index in [2.05, 4.69) is 10.5 Å². The summed E-state index contributed by atoms with van der Waals surface area (Å²) >= 11 is 0. The maximum absolute atomic E-state index is 10.4. The molecule has 1 aromatic rings. The molecule has 0 aliphatic rings. The quantitative estimate of drug-likeness (QED) is 0.430. The van der Waals surface area contributed by atoms with Crippen LogP contribution in [0.5, 0.6) is 5.75 Å². The highest BCUT2D eigenvalue weighted by atomic mass is 16.5. The number of ether oxygens (including phenoxy) is 1. The normalized spacial score (nSPS) is 10.9. The van der Waals surface area contributed by atoms with E-state index in [1.807, 2.05) is 30.3 Å². The summed E-state index contributed by atoms with van der Waals surface area (Å²) in [5, 5.41) is 12.2. The van der Waals surface area contributed by atoms with Gasteiger partial charge >= 0.3 is 5.97 Å². The van der Waals surface area contributed by atoms with Crippen molar-refractivity contribution in [2.75, 3.05) is 13.2 Å². The van der Waals surface area contributed by atoms with Crippen LogP contribution in [0.15, 0.2) is 35.4 Å². The highest BCUT2D eigenvalue weighted by Gasteiger charge is 1.99. The lowest BCUT2D eigenvalue weighted by molar-refractivity contribution is -0.129. The van der Waals surface area contributed by atoms with E-state index in [0.717, 1.165) is 5.75 Å². The van der Waals surface area contributed by atoms with Gasteiger partial charge < -0.3 is 15.3 Å². The smallest absolute Gasteiger partial charge is 0.351 e. The zero-order chi connectivity index (χ0) is 11.8. The van der Waals surface area contributed by atoms with E-state index in [4.69, 9.17) is 9.84 Å². The summed E-state index contributed by atoms with van der Waals surface area (Å²) in [5.41, 5.74) is 2.65. The van der Waals surface area contributed by atoms with Crippen LogP contribution in [-0.4, -0.2) is 29.9 Å². The zero-order valence-corrected chi connectivity index (χ0v) is 9.01. The number of nitrogens with one attached hydrogen (secondary N) is 1. The molecule has 0 spiro atoms. The molecule has 0 atom stereocenters. The first-order chi connectivity index (χ1) is 7.70. The number of para-hydroxylation sites is 1. The molecule has 0 saturated heterocycles. The van der Waals surface area contributed by atoms with E-state index in [1.165, 1.54) is 6.92 Å². The van der Waals surface area contributed by atoms with E-state index in [0.29, 0.717) is 13.2 Å². The average Bonchev–Trinajstić information content (AvgIpc) is 2.29. The standard InChI is InChI=1S/C11H14N2O3/c1-9(11(14)15)13-12-7-8-16-10-5-3-2-4-6-10/h2-6,12H,7-8H2,1H3,(H,14,15)/b13-9-. The minimum Gasteiger partial charge on any atom is -0.492 e. The summed E-state index contributed by atoms with van der Waals surface area (Å²) in [6, 6.07) is 9.38. The second-order valence-electron chi connectivity index (χ2n) is 3.07. The van der Waals surface area contributed by atoms with Crippen molar-refractivity contribution in [3.63, 3.8) is 0 Å². The first kappa shape index (κ1) is 12.0. The summed E-state index contributed by atoms with van der Waals surface area (Å²) in [4.78, 5) is 10.4. The summed E-state index contributed by atoms with van der Waals surface area (Å²) in [6.07, 6.45) is 0. The van der Waals surface area contributed by atoms with Gasteiger partial charge in [0.25, 0.3) is 0 Å². The third kappa shape index (κ3) is 4.45. The number of benzene rings is 1. The molecule has 1 aromatic carbocycles. The second-order valence-corrected chi connectivity index (χ2v) is 3.07. The van der Waals surface area contributed by atoms with Crippen molar-refractivity contribution in [2.45, 2.75) is 6.92 Å². The molecule has 1 rings (SSSR count). The van der Waals surface area contributed by atoms with Crippen molar-refractivity contribution < 1.29 is 14.6 Å². The molecule has 0 heterocycles. The SMILES string of the molecule is C/C(=N/NCCOc1ccccc1)C(=O)O. The highest BCUT2D eigenvalue weighted by molar-refractivity contribution is 6.34. The number of carboxylic acid groups (broad SMARTS) is 1. The summed E-state index contributed by atoms with van der Waals surface area (Å²) in [6.45, 7) is 2.31. The summed E-state index contributed by atoms with van der Waals surface area (Å²) in [7, 11) is 0. The van der Waals surface area contributed by atoms with Crippen LogP contribution in [0, 0.1) is 0 Å². The molecule has 0 aromatic heterocycles. The Balaban J connectivity index is 2.18. The van der Waals surface area contributed by atoms with Gasteiger partial charge in [0.15, 0.2) is 0 Å². The molecule has 0 bridgehead atoms. The Morgan fingerprint density at radius 2 is 2.12 bits per heavy atom. The van der Waals surface area contributed by atoms with E-state index in [1.54, 1.807) is 0 Å². The van der Waals surface area contributed by atoms with E-state index in [9.17, 15) is 4.79 Å². The largest absolute Gasteiger partial charge is 0.492 e. The Labute approximate surface area is 93.7 Å². The monoisotopic (exact) mass is 222 g/mol. The van der Waals surface area contributed by atoms with Gasteiger partial charge in [0.2, 0.25) is 0 Å². The number of carboxylic acids is 1. The Morgan fingerprint density at radius 3 is 2.75 bits per heavy atom. The minimum absolute atomic E-state index is 0.0275. The fourth-order valence-electron chi connectivity index (χ4n) is 0.954. The van der Waals surface area contributed by atoms with Gasteiger partial charge in [0, 0.05) is 0 Å². The van der Waals surface area contributed by atoms with Crippen LogP contribution in [0.2, 0.25) is 0 Å². The molecule has 86 valence electrons. The number of carbonyl (C=O) groups is 1. The molecule has 0 aliphatic carbocycles. The average molecular weight is 222 g/mol. The van der Waals surface area contributed by atoms with Crippen LogP contribution in [0.4, 0.5) is 0 Å². The highest BCUT2D eigenvalue weighted by Crippen LogP contribution is 2.07. The second kappa shape index (κ2) is 6.44. The lowest BCUT2D eigenvalue weighted by Gasteiger charge is -2.05.